The third-order valence-electron chi connectivity index (χ3n) is 3.19. The molecule has 0 N–H and O–H groups in total. The summed E-state index contributed by atoms with van der Waals surface area (Å²) in [5.74, 6) is 0.580. The monoisotopic (exact) mass is 268 g/mol. The van der Waals surface area contributed by atoms with Crippen LogP contribution in [0.1, 0.15) is 37.3 Å². The second-order valence-corrected chi connectivity index (χ2v) is 5.38. The van der Waals surface area contributed by atoms with Crippen molar-refractivity contribution in [3.63, 3.8) is 0 Å². The fraction of sp³-hybridized carbons (Fsp3) is 0.538. The van der Waals surface area contributed by atoms with E-state index in [1.54, 1.807) is 0 Å². The van der Waals surface area contributed by atoms with E-state index in [2.05, 4.69) is 54.9 Å². The molecule has 0 aromatic heterocycles. The van der Waals surface area contributed by atoms with Crippen molar-refractivity contribution >= 4 is 15.9 Å². The number of ether oxygens (including phenoxy) is 1. The molecule has 1 saturated heterocycles. The molecule has 82 valence electrons. The van der Waals surface area contributed by atoms with Crippen molar-refractivity contribution in [2.45, 2.75) is 45.3 Å². The lowest BCUT2D eigenvalue weighted by Crippen LogP contribution is -2.00. The molecule has 2 heteroatoms. The van der Waals surface area contributed by atoms with E-state index in [9.17, 15) is 0 Å². The summed E-state index contributed by atoms with van der Waals surface area (Å²) in [6.45, 7) is 6.53. The van der Waals surface area contributed by atoms with Crippen LogP contribution in [0.5, 0.6) is 0 Å². The van der Waals surface area contributed by atoms with Crippen LogP contribution in [0.25, 0.3) is 0 Å². The molecule has 3 atom stereocenters. The first-order valence-electron chi connectivity index (χ1n) is 5.49. The highest BCUT2D eigenvalue weighted by atomic mass is 79.9. The maximum Gasteiger partial charge on any atom is 0.0844 e. The van der Waals surface area contributed by atoms with Gasteiger partial charge in [-0.25, -0.2) is 0 Å². The van der Waals surface area contributed by atoms with Crippen molar-refractivity contribution in [3.8, 4) is 0 Å². The van der Waals surface area contributed by atoms with E-state index in [4.69, 9.17) is 4.74 Å². The molecule has 0 saturated carbocycles. The van der Waals surface area contributed by atoms with Gasteiger partial charge >= 0.3 is 0 Å². The SMILES string of the molecule is Cc1ccc(C(C)CC2OC2C)cc1Br. The van der Waals surface area contributed by atoms with Crippen molar-refractivity contribution in [1.29, 1.82) is 0 Å². The van der Waals surface area contributed by atoms with Crippen LogP contribution in [-0.2, 0) is 4.74 Å². The second-order valence-electron chi connectivity index (χ2n) is 4.53. The lowest BCUT2D eigenvalue weighted by molar-refractivity contribution is 0.362. The first-order valence-corrected chi connectivity index (χ1v) is 6.28. The number of halogens is 1. The zero-order chi connectivity index (χ0) is 11.0. The number of benzene rings is 1. The van der Waals surface area contributed by atoms with Gasteiger partial charge in [0.25, 0.3) is 0 Å². The molecule has 0 aliphatic carbocycles. The van der Waals surface area contributed by atoms with Crippen molar-refractivity contribution < 1.29 is 4.74 Å². The van der Waals surface area contributed by atoms with Crippen LogP contribution in [0.4, 0.5) is 0 Å². The summed E-state index contributed by atoms with van der Waals surface area (Å²) in [5, 5.41) is 0. The summed E-state index contributed by atoms with van der Waals surface area (Å²) < 4.78 is 6.66. The molecule has 1 aliphatic rings. The van der Waals surface area contributed by atoms with Gasteiger partial charge in [0, 0.05) is 4.47 Å². The quantitative estimate of drug-likeness (QED) is 0.754. The van der Waals surface area contributed by atoms with Gasteiger partial charge in [0.2, 0.25) is 0 Å². The number of hydrogen-bond donors (Lipinski definition) is 0. The highest BCUT2D eigenvalue weighted by molar-refractivity contribution is 9.10. The number of rotatable bonds is 3. The van der Waals surface area contributed by atoms with Crippen LogP contribution in [-0.4, -0.2) is 12.2 Å². The fourth-order valence-corrected chi connectivity index (χ4v) is 2.27. The van der Waals surface area contributed by atoms with Crippen LogP contribution < -0.4 is 0 Å². The molecule has 1 aliphatic heterocycles. The minimum atomic E-state index is 0.473. The number of hydrogen-bond acceptors (Lipinski definition) is 1. The Morgan fingerprint density at radius 2 is 2.13 bits per heavy atom. The highest BCUT2D eigenvalue weighted by Gasteiger charge is 2.35. The standard InChI is InChI=1S/C13H17BrO/c1-8-4-5-11(7-12(8)14)9(2)6-13-10(3)15-13/h4-5,7,9-10,13H,6H2,1-3H3. The Kier molecular flexibility index (Phi) is 3.17. The lowest BCUT2D eigenvalue weighted by atomic mass is 9.95. The van der Waals surface area contributed by atoms with Crippen LogP contribution in [0, 0.1) is 6.92 Å². The van der Waals surface area contributed by atoms with E-state index in [0.29, 0.717) is 18.1 Å². The van der Waals surface area contributed by atoms with Crippen LogP contribution in [0.3, 0.4) is 0 Å². The molecule has 1 aromatic carbocycles. The molecular weight excluding hydrogens is 252 g/mol. The van der Waals surface area contributed by atoms with E-state index in [0.717, 1.165) is 6.42 Å². The van der Waals surface area contributed by atoms with Crippen molar-refractivity contribution in [2.75, 3.05) is 0 Å². The lowest BCUT2D eigenvalue weighted by Gasteiger charge is -2.11. The molecule has 0 amide bonds. The van der Waals surface area contributed by atoms with Gasteiger partial charge in [-0.1, -0.05) is 35.0 Å². The zero-order valence-electron chi connectivity index (χ0n) is 9.46. The largest absolute Gasteiger partial charge is 0.370 e. The minimum absolute atomic E-state index is 0.473. The molecular formula is C13H17BrO. The summed E-state index contributed by atoms with van der Waals surface area (Å²) in [6, 6.07) is 6.62. The van der Waals surface area contributed by atoms with E-state index in [-0.39, 0.29) is 0 Å². The van der Waals surface area contributed by atoms with Gasteiger partial charge in [-0.15, -0.1) is 0 Å². The van der Waals surface area contributed by atoms with E-state index in [1.165, 1.54) is 15.6 Å². The Balaban J connectivity index is 2.04. The Labute approximate surface area is 100.0 Å². The van der Waals surface area contributed by atoms with Crippen molar-refractivity contribution in [2.24, 2.45) is 0 Å². The molecule has 0 spiro atoms. The van der Waals surface area contributed by atoms with E-state index in [1.807, 2.05) is 0 Å². The first-order chi connectivity index (χ1) is 7.08. The van der Waals surface area contributed by atoms with Gasteiger partial charge in [0.1, 0.15) is 0 Å². The first kappa shape index (κ1) is 11.2. The Morgan fingerprint density at radius 1 is 1.47 bits per heavy atom. The Morgan fingerprint density at radius 3 is 2.67 bits per heavy atom. The number of epoxide rings is 1. The molecule has 1 heterocycles. The molecule has 1 nitrogen and oxygen atoms in total. The maximum atomic E-state index is 5.45. The topological polar surface area (TPSA) is 12.5 Å². The van der Waals surface area contributed by atoms with Gasteiger partial charge in [0.15, 0.2) is 0 Å². The van der Waals surface area contributed by atoms with Gasteiger partial charge in [0.05, 0.1) is 12.2 Å². The molecule has 15 heavy (non-hydrogen) atoms. The maximum absolute atomic E-state index is 5.45. The highest BCUT2D eigenvalue weighted by Crippen LogP contribution is 2.33. The van der Waals surface area contributed by atoms with E-state index >= 15 is 0 Å². The third-order valence-corrected chi connectivity index (χ3v) is 4.04. The average molecular weight is 269 g/mol. The van der Waals surface area contributed by atoms with Crippen LogP contribution in [0.2, 0.25) is 0 Å². The Hall–Kier alpha value is -0.340. The predicted molar refractivity (Wildman–Crippen MR) is 66.2 cm³/mol. The van der Waals surface area contributed by atoms with Gasteiger partial charge < -0.3 is 4.74 Å². The molecule has 1 fully saturated rings. The molecule has 2 rings (SSSR count). The molecule has 3 unspecified atom stereocenters. The van der Waals surface area contributed by atoms with Crippen molar-refractivity contribution in [3.05, 3.63) is 33.8 Å². The van der Waals surface area contributed by atoms with Crippen molar-refractivity contribution in [1.82, 2.24) is 0 Å². The molecule has 1 aromatic rings. The predicted octanol–water partition coefficient (Wildman–Crippen LogP) is 4.04. The summed E-state index contributed by atoms with van der Waals surface area (Å²) in [4.78, 5) is 0. The molecule has 0 radical (unpaired) electrons. The van der Waals surface area contributed by atoms with Crippen LogP contribution >= 0.6 is 15.9 Å². The van der Waals surface area contributed by atoms with Gasteiger partial charge in [-0.2, -0.15) is 0 Å². The smallest absolute Gasteiger partial charge is 0.0844 e. The van der Waals surface area contributed by atoms with Gasteiger partial charge in [-0.05, 0) is 43.4 Å². The van der Waals surface area contributed by atoms with E-state index < -0.39 is 0 Å². The summed E-state index contributed by atoms with van der Waals surface area (Å²) in [5.41, 5.74) is 2.69. The Bertz CT molecular complexity index is 362. The minimum Gasteiger partial charge on any atom is -0.370 e. The summed E-state index contributed by atoms with van der Waals surface area (Å²) in [6.07, 6.45) is 2.10. The second kappa shape index (κ2) is 4.26. The van der Waals surface area contributed by atoms with Gasteiger partial charge in [-0.3, -0.25) is 0 Å². The third kappa shape index (κ3) is 2.61. The average Bonchev–Trinajstić information content (AvgIpc) is 2.86. The summed E-state index contributed by atoms with van der Waals surface area (Å²) in [7, 11) is 0. The van der Waals surface area contributed by atoms with Crippen LogP contribution in [0.15, 0.2) is 22.7 Å². The summed E-state index contributed by atoms with van der Waals surface area (Å²) >= 11 is 3.58. The fourth-order valence-electron chi connectivity index (χ4n) is 1.88. The number of aryl methyl sites for hydroxylation is 1. The normalized spacial score (nSPS) is 26.4. The molecule has 0 bridgehead atoms. The zero-order valence-corrected chi connectivity index (χ0v) is 11.0.